The first-order chi connectivity index (χ1) is 20.3. The number of sulfonamides is 1. The first-order valence-corrected chi connectivity index (χ1v) is 15.9. The predicted molar refractivity (Wildman–Crippen MR) is 159 cm³/mol. The lowest BCUT2D eigenvalue weighted by Gasteiger charge is -2.40. The van der Waals surface area contributed by atoms with Gasteiger partial charge in [-0.25, -0.2) is 27.9 Å². The highest BCUT2D eigenvalue weighted by molar-refractivity contribution is 7.88. The number of benzene rings is 1. The third-order valence-corrected chi connectivity index (χ3v) is 8.87. The van der Waals surface area contributed by atoms with Crippen LogP contribution in [0.1, 0.15) is 24.8 Å². The van der Waals surface area contributed by atoms with E-state index in [0.29, 0.717) is 18.8 Å². The molecule has 1 unspecified atom stereocenters. The quantitative estimate of drug-likeness (QED) is 0.344. The van der Waals surface area contributed by atoms with E-state index in [1.165, 1.54) is 0 Å². The maximum absolute atomic E-state index is 13.3. The van der Waals surface area contributed by atoms with E-state index in [1.54, 1.807) is 29.7 Å². The zero-order valence-electron chi connectivity index (χ0n) is 23.4. The van der Waals surface area contributed by atoms with E-state index in [0.717, 1.165) is 60.0 Å². The number of aromatic nitrogens is 4. The fourth-order valence-corrected chi connectivity index (χ4v) is 6.50. The van der Waals surface area contributed by atoms with Crippen LogP contribution in [0.4, 0.5) is 10.6 Å². The number of carbonyl (C=O) groups excluding carboxylic acids is 1. The molecule has 0 aliphatic carbocycles. The molecular weight excluding hydrogens is 554 g/mol. The molecule has 1 spiro atoms. The molecule has 42 heavy (non-hydrogen) atoms. The molecule has 4 aromatic rings. The molecule has 2 aliphatic heterocycles. The lowest BCUT2D eigenvalue weighted by atomic mass is 9.76. The van der Waals surface area contributed by atoms with Crippen molar-refractivity contribution >= 4 is 32.8 Å². The van der Waals surface area contributed by atoms with Crippen LogP contribution in [0.2, 0.25) is 0 Å². The number of rotatable bonds is 7. The van der Waals surface area contributed by atoms with Gasteiger partial charge in [-0.15, -0.1) is 0 Å². The van der Waals surface area contributed by atoms with Crippen LogP contribution in [-0.4, -0.2) is 77.8 Å². The Kier molecular flexibility index (Phi) is 7.74. The van der Waals surface area contributed by atoms with Crippen molar-refractivity contribution in [2.75, 3.05) is 37.3 Å². The topological polar surface area (TPSA) is 131 Å². The number of ether oxygens (including phenoxy) is 1. The van der Waals surface area contributed by atoms with E-state index in [2.05, 4.69) is 19.6 Å². The SMILES string of the molecule is CS(=O)(=O)NCC1CC2(CCN(c3nc(-c4ccncc4)nc4cnccc34)CC2)CN1C(=O)OCc1ccccc1. The molecule has 5 heterocycles. The molecule has 1 amide bonds. The van der Waals surface area contributed by atoms with Gasteiger partial charge in [0.2, 0.25) is 10.0 Å². The first kappa shape index (κ1) is 28.0. The van der Waals surface area contributed by atoms with Crippen LogP contribution in [-0.2, 0) is 21.4 Å². The number of amides is 1. The van der Waals surface area contributed by atoms with Gasteiger partial charge in [-0.05, 0) is 48.4 Å². The van der Waals surface area contributed by atoms with E-state index in [1.807, 2.05) is 48.5 Å². The van der Waals surface area contributed by atoms with Crippen molar-refractivity contribution in [1.29, 1.82) is 0 Å². The summed E-state index contributed by atoms with van der Waals surface area (Å²) >= 11 is 0. The van der Waals surface area contributed by atoms with Gasteiger partial charge >= 0.3 is 6.09 Å². The number of piperidine rings is 1. The first-order valence-electron chi connectivity index (χ1n) is 14.0. The molecule has 11 nitrogen and oxygen atoms in total. The smallest absolute Gasteiger partial charge is 0.410 e. The average molecular weight is 588 g/mol. The average Bonchev–Trinajstić information content (AvgIpc) is 3.37. The summed E-state index contributed by atoms with van der Waals surface area (Å²) in [5.74, 6) is 1.48. The van der Waals surface area contributed by atoms with E-state index in [4.69, 9.17) is 14.7 Å². The third kappa shape index (κ3) is 6.19. The molecule has 218 valence electrons. The Balaban J connectivity index is 1.21. The Labute approximate surface area is 245 Å². The van der Waals surface area contributed by atoms with Crippen molar-refractivity contribution in [3.8, 4) is 11.4 Å². The molecule has 2 fully saturated rings. The van der Waals surface area contributed by atoms with Crippen LogP contribution >= 0.6 is 0 Å². The van der Waals surface area contributed by atoms with Crippen LogP contribution in [0.5, 0.6) is 0 Å². The van der Waals surface area contributed by atoms with E-state index in [-0.39, 0.29) is 24.6 Å². The molecule has 0 bridgehead atoms. The normalized spacial score (nSPS) is 18.5. The number of anilines is 1. The Bertz CT molecular complexity index is 1660. The standard InChI is InChI=1S/C30H33N7O4S/c1-42(39,40)33-18-24-17-30(21-37(24)29(38)41-20-22-5-3-2-4-6-22)10-15-36(16-11-30)28-25-9-14-32-19-26(25)34-27(35-28)23-7-12-31-13-8-23/h2-9,12-14,19,24,33H,10-11,15-18,20-21H2,1H3. The lowest BCUT2D eigenvalue weighted by molar-refractivity contribution is 0.0881. The van der Waals surface area contributed by atoms with Crippen molar-refractivity contribution in [2.24, 2.45) is 5.41 Å². The van der Waals surface area contributed by atoms with E-state index in [9.17, 15) is 13.2 Å². The van der Waals surface area contributed by atoms with Crippen molar-refractivity contribution in [2.45, 2.75) is 31.9 Å². The summed E-state index contributed by atoms with van der Waals surface area (Å²) in [6, 6.07) is 15.0. The lowest BCUT2D eigenvalue weighted by Crippen LogP contribution is -2.44. The van der Waals surface area contributed by atoms with Crippen LogP contribution in [0, 0.1) is 5.41 Å². The van der Waals surface area contributed by atoms with Crippen LogP contribution in [0.15, 0.2) is 73.3 Å². The zero-order chi connectivity index (χ0) is 29.2. The summed E-state index contributed by atoms with van der Waals surface area (Å²) in [4.78, 5) is 35.4. The summed E-state index contributed by atoms with van der Waals surface area (Å²) in [5.41, 5.74) is 2.41. The van der Waals surface area contributed by atoms with Crippen molar-refractivity contribution in [1.82, 2.24) is 29.6 Å². The number of nitrogens with zero attached hydrogens (tertiary/aromatic N) is 6. The molecule has 0 saturated carbocycles. The van der Waals surface area contributed by atoms with Crippen molar-refractivity contribution < 1.29 is 17.9 Å². The fraction of sp³-hybridized carbons (Fsp3) is 0.367. The minimum absolute atomic E-state index is 0.148. The maximum atomic E-state index is 13.3. The summed E-state index contributed by atoms with van der Waals surface area (Å²) < 4.78 is 32.1. The van der Waals surface area contributed by atoms with Gasteiger partial charge in [-0.2, -0.15) is 0 Å². The van der Waals surface area contributed by atoms with Gasteiger partial charge in [0.1, 0.15) is 12.4 Å². The highest BCUT2D eigenvalue weighted by Gasteiger charge is 2.48. The Morgan fingerprint density at radius 2 is 1.76 bits per heavy atom. The molecular formula is C30H33N7O4S. The molecule has 3 aromatic heterocycles. The van der Waals surface area contributed by atoms with Crippen LogP contribution in [0.25, 0.3) is 22.3 Å². The molecule has 0 radical (unpaired) electrons. The van der Waals surface area contributed by atoms with Crippen molar-refractivity contribution in [3.05, 3.63) is 78.9 Å². The maximum Gasteiger partial charge on any atom is 0.410 e. The van der Waals surface area contributed by atoms with Gasteiger partial charge in [0.25, 0.3) is 0 Å². The molecule has 1 atom stereocenters. The highest BCUT2D eigenvalue weighted by Crippen LogP contribution is 2.45. The van der Waals surface area contributed by atoms with Gasteiger partial charge in [-0.1, -0.05) is 30.3 Å². The van der Waals surface area contributed by atoms with Gasteiger partial charge in [0.05, 0.1) is 18.0 Å². The largest absolute Gasteiger partial charge is 0.445 e. The monoisotopic (exact) mass is 587 g/mol. The Morgan fingerprint density at radius 1 is 1.02 bits per heavy atom. The van der Waals surface area contributed by atoms with Gasteiger partial charge in [-0.3, -0.25) is 9.97 Å². The fourth-order valence-electron chi connectivity index (χ4n) is 6.00. The minimum Gasteiger partial charge on any atom is -0.445 e. The minimum atomic E-state index is -3.41. The van der Waals surface area contributed by atoms with E-state index >= 15 is 0 Å². The summed E-state index contributed by atoms with van der Waals surface area (Å²) in [5, 5.41) is 0.937. The number of carbonyl (C=O) groups is 1. The number of nitrogens with one attached hydrogen (secondary N) is 1. The number of fused-ring (bicyclic) bond motifs is 1. The Morgan fingerprint density at radius 3 is 2.50 bits per heavy atom. The summed E-state index contributed by atoms with van der Waals surface area (Å²) in [6.45, 7) is 2.32. The molecule has 1 aromatic carbocycles. The predicted octanol–water partition coefficient (Wildman–Crippen LogP) is 3.63. The highest BCUT2D eigenvalue weighted by atomic mass is 32.2. The van der Waals surface area contributed by atoms with Gasteiger partial charge < -0.3 is 14.5 Å². The van der Waals surface area contributed by atoms with Gasteiger partial charge in [0, 0.05) is 61.8 Å². The van der Waals surface area contributed by atoms with Crippen molar-refractivity contribution in [3.63, 3.8) is 0 Å². The second-order valence-electron chi connectivity index (χ2n) is 11.1. The molecule has 2 saturated heterocycles. The molecule has 2 aliphatic rings. The third-order valence-electron chi connectivity index (χ3n) is 8.18. The second kappa shape index (κ2) is 11.6. The number of likely N-dealkylation sites (tertiary alicyclic amines) is 1. The number of pyridine rings is 2. The number of hydrogen-bond acceptors (Lipinski definition) is 9. The Hall–Kier alpha value is -4.16. The number of hydrogen-bond donors (Lipinski definition) is 1. The molecule has 1 N–H and O–H groups in total. The second-order valence-corrected chi connectivity index (χ2v) is 13.0. The van der Waals surface area contributed by atoms with Gasteiger partial charge in [0.15, 0.2) is 5.82 Å². The van der Waals surface area contributed by atoms with Crippen LogP contribution in [0.3, 0.4) is 0 Å². The summed E-state index contributed by atoms with van der Waals surface area (Å²) in [6.07, 6.45) is 10.0. The molecule has 12 heteroatoms. The zero-order valence-corrected chi connectivity index (χ0v) is 24.2. The van der Waals surface area contributed by atoms with Crippen LogP contribution < -0.4 is 9.62 Å². The van der Waals surface area contributed by atoms with E-state index < -0.39 is 16.1 Å². The molecule has 6 rings (SSSR count). The summed E-state index contributed by atoms with van der Waals surface area (Å²) in [7, 11) is -3.41.